The van der Waals surface area contributed by atoms with Crippen molar-refractivity contribution in [3.63, 3.8) is 0 Å². The molecule has 40 heavy (non-hydrogen) atoms. The van der Waals surface area contributed by atoms with E-state index >= 15 is 0 Å². The van der Waals surface area contributed by atoms with E-state index < -0.39 is 5.54 Å². The van der Waals surface area contributed by atoms with Crippen LogP contribution < -0.4 is 0 Å². The summed E-state index contributed by atoms with van der Waals surface area (Å²) in [6.45, 7) is 3.61. The van der Waals surface area contributed by atoms with Crippen LogP contribution in [0, 0.1) is 0 Å². The minimum absolute atomic E-state index is 0.0815. The highest BCUT2D eigenvalue weighted by molar-refractivity contribution is 6.00. The van der Waals surface area contributed by atoms with Gasteiger partial charge >= 0.3 is 5.97 Å². The third-order valence-corrected chi connectivity index (χ3v) is 7.19. The molecule has 0 atom stereocenters. The molecule has 8 heteroatoms. The van der Waals surface area contributed by atoms with Gasteiger partial charge in [-0.05, 0) is 41.3 Å². The highest BCUT2D eigenvalue weighted by Crippen LogP contribution is 2.43. The van der Waals surface area contributed by atoms with E-state index in [1.54, 1.807) is 13.0 Å². The number of aryl methyl sites for hydroxylation is 1. The number of carbonyl (C=O) groups excluding carboxylic acids is 2. The molecular weight excluding hydrogens is 502 g/mol. The molecule has 2 heterocycles. The van der Waals surface area contributed by atoms with Crippen LogP contribution in [0.4, 0.5) is 0 Å². The molecule has 1 saturated heterocycles. The molecule has 0 N–H and O–H groups in total. The van der Waals surface area contributed by atoms with Crippen molar-refractivity contribution >= 4 is 17.8 Å². The van der Waals surface area contributed by atoms with Gasteiger partial charge in [-0.1, -0.05) is 91.0 Å². The number of carbonyl (C=O) groups is 2. The molecule has 0 bridgehead atoms. The predicted molar refractivity (Wildman–Crippen MR) is 152 cm³/mol. The number of benzene rings is 3. The number of Topliss-reactive ketones (excluding diaryl/α,β-unsaturated/α-hetero) is 1. The lowest BCUT2D eigenvalue weighted by Gasteiger charge is -2.47. The number of rotatable bonds is 10. The summed E-state index contributed by atoms with van der Waals surface area (Å²) in [6, 6.07) is 31.4. The van der Waals surface area contributed by atoms with Crippen LogP contribution in [0.3, 0.4) is 0 Å². The van der Waals surface area contributed by atoms with Crippen molar-refractivity contribution in [1.82, 2.24) is 25.1 Å². The fraction of sp³-hybridized carbons (Fsp3) is 0.281. The van der Waals surface area contributed by atoms with Gasteiger partial charge in [-0.15, -0.1) is 10.2 Å². The number of tetrazole rings is 1. The first-order valence-electron chi connectivity index (χ1n) is 13.7. The largest absolute Gasteiger partial charge is 0.466 e. The van der Waals surface area contributed by atoms with Crippen LogP contribution in [0.2, 0.25) is 0 Å². The number of ether oxygens (including phenoxy) is 1. The van der Waals surface area contributed by atoms with Gasteiger partial charge in [0, 0.05) is 31.5 Å². The lowest BCUT2D eigenvalue weighted by Crippen LogP contribution is -2.52. The third-order valence-electron chi connectivity index (χ3n) is 7.19. The van der Waals surface area contributed by atoms with Gasteiger partial charge in [0.1, 0.15) is 0 Å². The van der Waals surface area contributed by atoms with Crippen molar-refractivity contribution in [2.75, 3.05) is 19.7 Å². The average molecular weight is 536 g/mol. The Morgan fingerprint density at radius 2 is 1.50 bits per heavy atom. The van der Waals surface area contributed by atoms with Crippen LogP contribution in [0.25, 0.3) is 6.08 Å². The van der Waals surface area contributed by atoms with Gasteiger partial charge in [0.15, 0.2) is 11.6 Å². The zero-order valence-corrected chi connectivity index (χ0v) is 22.6. The van der Waals surface area contributed by atoms with Gasteiger partial charge in [0.05, 0.1) is 18.7 Å². The molecule has 0 saturated carbocycles. The fourth-order valence-electron chi connectivity index (χ4n) is 5.43. The summed E-state index contributed by atoms with van der Waals surface area (Å²) >= 11 is 0. The number of hydrogen-bond acceptors (Lipinski definition) is 7. The highest BCUT2D eigenvalue weighted by Gasteiger charge is 2.44. The summed E-state index contributed by atoms with van der Waals surface area (Å²) < 4.78 is 4.97. The Kier molecular flexibility index (Phi) is 8.56. The molecule has 8 nitrogen and oxygen atoms in total. The lowest BCUT2D eigenvalue weighted by atomic mass is 9.74. The summed E-state index contributed by atoms with van der Waals surface area (Å²) in [5.41, 5.74) is 3.43. The minimum Gasteiger partial charge on any atom is -0.466 e. The zero-order chi connectivity index (χ0) is 27.8. The second-order valence-corrected chi connectivity index (χ2v) is 9.72. The summed E-state index contributed by atoms with van der Waals surface area (Å²) in [4.78, 5) is 28.6. The van der Waals surface area contributed by atoms with Crippen LogP contribution >= 0.6 is 0 Å². The summed E-state index contributed by atoms with van der Waals surface area (Å²) in [6.07, 6.45) is 2.97. The van der Waals surface area contributed by atoms with Crippen LogP contribution in [0.5, 0.6) is 0 Å². The topological polar surface area (TPSA) is 90.2 Å². The van der Waals surface area contributed by atoms with E-state index in [9.17, 15) is 9.59 Å². The second-order valence-electron chi connectivity index (χ2n) is 9.72. The maximum Gasteiger partial charge on any atom is 0.305 e. The number of ketones is 1. The Morgan fingerprint density at radius 1 is 0.925 bits per heavy atom. The van der Waals surface area contributed by atoms with Crippen LogP contribution in [-0.2, 0) is 26.4 Å². The van der Waals surface area contributed by atoms with E-state index in [4.69, 9.17) is 4.74 Å². The van der Waals surface area contributed by atoms with Gasteiger partial charge in [0.25, 0.3) is 0 Å². The maximum absolute atomic E-state index is 13.2. The van der Waals surface area contributed by atoms with Gasteiger partial charge < -0.3 is 4.74 Å². The summed E-state index contributed by atoms with van der Waals surface area (Å²) in [5.74, 6) is 0.223. The summed E-state index contributed by atoms with van der Waals surface area (Å²) in [5, 5.41) is 12.7. The Labute approximate surface area is 234 Å². The van der Waals surface area contributed by atoms with Crippen molar-refractivity contribution in [3.05, 3.63) is 119 Å². The van der Waals surface area contributed by atoms with Crippen molar-refractivity contribution in [1.29, 1.82) is 0 Å². The first kappa shape index (κ1) is 27.1. The molecule has 0 spiro atoms. The van der Waals surface area contributed by atoms with Crippen LogP contribution in [0.15, 0.2) is 96.6 Å². The molecule has 1 fully saturated rings. The zero-order valence-electron chi connectivity index (χ0n) is 22.6. The Bertz CT molecular complexity index is 1360. The van der Waals surface area contributed by atoms with Crippen LogP contribution in [-0.4, -0.2) is 56.6 Å². The number of esters is 1. The molecule has 5 rings (SSSR count). The van der Waals surface area contributed by atoms with E-state index in [0.717, 1.165) is 16.7 Å². The third kappa shape index (κ3) is 5.77. The molecule has 0 aliphatic carbocycles. The van der Waals surface area contributed by atoms with Crippen LogP contribution in [0.1, 0.15) is 48.7 Å². The highest BCUT2D eigenvalue weighted by atomic mass is 16.5. The molecule has 1 aromatic heterocycles. The molecule has 0 unspecified atom stereocenters. The van der Waals surface area contributed by atoms with Crippen molar-refractivity contribution < 1.29 is 14.3 Å². The van der Waals surface area contributed by atoms with Crippen molar-refractivity contribution in [3.8, 4) is 0 Å². The number of piperidine rings is 1. The number of likely N-dealkylation sites (tertiary alicyclic amines) is 1. The molecule has 3 aromatic carbocycles. The van der Waals surface area contributed by atoms with Gasteiger partial charge in [-0.25, -0.2) is 0 Å². The molecule has 1 aliphatic rings. The molecule has 4 aromatic rings. The monoisotopic (exact) mass is 535 g/mol. The quantitative estimate of drug-likeness (QED) is 0.166. The van der Waals surface area contributed by atoms with E-state index in [1.165, 1.54) is 4.80 Å². The fourth-order valence-corrected chi connectivity index (χ4v) is 5.43. The van der Waals surface area contributed by atoms with Gasteiger partial charge in [-0.3, -0.25) is 14.5 Å². The SMILES string of the molecule is CCOC(=O)CCCn1nnc(/C=C2/CN(C(c3ccccc3)(c3ccccc3)c3ccccc3)CCC2=O)n1. The predicted octanol–water partition coefficient (Wildman–Crippen LogP) is 4.67. The molecular formula is C32H33N5O3. The Morgan fingerprint density at radius 3 is 2.05 bits per heavy atom. The lowest BCUT2D eigenvalue weighted by molar-refractivity contribution is -0.143. The standard InChI is InChI=1S/C32H33N5O3/c1-2-40-31(39)19-12-21-37-34-30(33-35-37)23-25-24-36(22-20-29(25)38)32(26-13-6-3-7-14-26,27-15-8-4-9-16-27)28-17-10-5-11-18-28/h3-11,13-18,23H,2,12,19-22,24H2,1H3/b25-23-. The Hall–Kier alpha value is -4.43. The molecule has 204 valence electrons. The van der Waals surface area contributed by atoms with E-state index in [0.29, 0.717) is 56.9 Å². The van der Waals surface area contributed by atoms with Gasteiger partial charge in [0.2, 0.25) is 0 Å². The van der Waals surface area contributed by atoms with E-state index in [2.05, 4.69) is 93.1 Å². The molecule has 0 radical (unpaired) electrons. The number of nitrogens with zero attached hydrogens (tertiary/aromatic N) is 5. The Balaban J connectivity index is 1.48. The number of aromatic nitrogens is 4. The average Bonchev–Trinajstić information content (AvgIpc) is 3.44. The summed E-state index contributed by atoms with van der Waals surface area (Å²) in [7, 11) is 0. The van der Waals surface area contributed by atoms with E-state index in [-0.39, 0.29) is 11.8 Å². The first-order chi connectivity index (χ1) is 19.6. The van der Waals surface area contributed by atoms with Crippen molar-refractivity contribution in [2.45, 2.75) is 38.3 Å². The van der Waals surface area contributed by atoms with Crippen molar-refractivity contribution in [2.24, 2.45) is 0 Å². The molecule has 1 aliphatic heterocycles. The molecule has 0 amide bonds. The van der Waals surface area contributed by atoms with E-state index in [1.807, 2.05) is 18.2 Å². The number of hydrogen-bond donors (Lipinski definition) is 0. The minimum atomic E-state index is -0.609. The maximum atomic E-state index is 13.2. The first-order valence-corrected chi connectivity index (χ1v) is 13.7. The normalized spacial score (nSPS) is 15.3. The second kappa shape index (κ2) is 12.6. The smallest absolute Gasteiger partial charge is 0.305 e. The van der Waals surface area contributed by atoms with Gasteiger partial charge in [-0.2, -0.15) is 4.80 Å².